The van der Waals surface area contributed by atoms with E-state index in [1.807, 2.05) is 74.1 Å². The van der Waals surface area contributed by atoms with Crippen LogP contribution in [0, 0.1) is 22.7 Å². The monoisotopic (exact) mass is 1190 g/mol. The Morgan fingerprint density at radius 2 is 0.936 bits per heavy atom. The van der Waals surface area contributed by atoms with Crippen molar-refractivity contribution in [1.29, 1.82) is 0 Å². The van der Waals surface area contributed by atoms with Crippen LogP contribution < -0.4 is 31.9 Å². The van der Waals surface area contributed by atoms with Crippen LogP contribution in [0.25, 0.3) is 0 Å². The molecule has 7 aliphatic rings. The number of piperazine rings is 1. The topological polar surface area (TPSA) is 188 Å². The number of rotatable bonds is 12. The lowest BCUT2D eigenvalue weighted by atomic mass is 9.77. The third kappa shape index (κ3) is 12.4. The summed E-state index contributed by atoms with van der Waals surface area (Å²) >= 11 is 14.7. The lowest BCUT2D eigenvalue weighted by molar-refractivity contribution is -0.147. The molecule has 6 N–H and O–H groups in total. The van der Waals surface area contributed by atoms with Crippen molar-refractivity contribution in [3.8, 4) is 0 Å². The molecular formula is C56H80Cl2N10O6S4. The number of aryl methyl sites for hydroxylation is 2. The molecule has 0 saturated carbocycles. The summed E-state index contributed by atoms with van der Waals surface area (Å²) in [5.41, 5.74) is 2.89. The Kier molecular flexibility index (Phi) is 20.3. The number of benzene rings is 2. The molecule has 2 aromatic carbocycles. The Hall–Kier alpha value is -3.76. The second kappa shape index (κ2) is 25.6. The van der Waals surface area contributed by atoms with Gasteiger partial charge in [0.25, 0.3) is 0 Å². The van der Waals surface area contributed by atoms with Gasteiger partial charge in [0.2, 0.25) is 35.4 Å². The Balaban J connectivity index is 0.00000441. The highest BCUT2D eigenvalue weighted by Gasteiger charge is 2.57. The van der Waals surface area contributed by atoms with E-state index in [9.17, 15) is 19.2 Å². The molecule has 78 heavy (non-hydrogen) atoms. The Labute approximate surface area is 492 Å². The van der Waals surface area contributed by atoms with Crippen molar-refractivity contribution in [3.63, 3.8) is 0 Å². The fourth-order valence-corrected chi connectivity index (χ4v) is 16.7. The molecule has 0 bridgehead atoms. The normalized spacial score (nSPS) is 29.7. The highest BCUT2D eigenvalue weighted by atomic mass is 35.5. The molecule has 9 rings (SSSR count). The highest BCUT2D eigenvalue weighted by molar-refractivity contribution is 8.00. The van der Waals surface area contributed by atoms with Crippen LogP contribution in [-0.2, 0) is 41.6 Å². The van der Waals surface area contributed by atoms with E-state index in [1.165, 1.54) is 0 Å². The van der Waals surface area contributed by atoms with Gasteiger partial charge < -0.3 is 51.5 Å². The molecule has 5 heterocycles. The largest absolute Gasteiger partial charge is 0.367 e. The second-order valence-corrected chi connectivity index (χ2v) is 26.8. The lowest BCUT2D eigenvalue weighted by Crippen LogP contribution is -2.59. The van der Waals surface area contributed by atoms with E-state index in [0.717, 1.165) is 33.8 Å². The van der Waals surface area contributed by atoms with Gasteiger partial charge in [0.1, 0.15) is 24.2 Å². The third-order valence-electron chi connectivity index (χ3n) is 17.5. The number of thiocarbonyl (C=S) groups is 2. The van der Waals surface area contributed by atoms with E-state index in [-0.39, 0.29) is 83.1 Å². The van der Waals surface area contributed by atoms with Crippen molar-refractivity contribution in [2.75, 3.05) is 51.8 Å². The second-order valence-electron chi connectivity index (χ2n) is 23.4. The van der Waals surface area contributed by atoms with E-state index in [1.54, 1.807) is 33.3 Å². The van der Waals surface area contributed by atoms with Gasteiger partial charge in [-0.15, -0.1) is 48.3 Å². The Morgan fingerprint density at radius 1 is 0.577 bits per heavy atom. The highest BCUT2D eigenvalue weighted by Crippen LogP contribution is 2.49. The molecular weight excluding hydrogens is 1110 g/mol. The SMILES string of the molecule is CN[C@@H](C)C(=S)N[C@H]1CCS[C@H]2CC(C)(C)[C@@H](C(=O)N[C@H]3c4ccccc4CC[C@H]3C(=O)N3CCN(C(=O)[C@@H]4CCc5ccccc5[C@@H]4NC(=O)[C@H]4N5C(=O)[C@@H](NC(=S)[C@H](C)NC)CCS[C@H]5CC4(C)C)CC3)N2C1=O.Cl.Cl. The van der Waals surface area contributed by atoms with Crippen LogP contribution >= 0.6 is 72.8 Å². The van der Waals surface area contributed by atoms with Crippen LogP contribution in [0.15, 0.2) is 48.5 Å². The number of carbonyl (C=O) groups excluding carboxylic acids is 6. The number of fused-ring (bicyclic) bond motifs is 4. The number of likely N-dealkylation sites (N-methyl/N-ethyl adjacent to an activating group) is 2. The first-order valence-corrected chi connectivity index (χ1v) is 30.3. The molecule has 22 heteroatoms. The molecule has 5 saturated heterocycles. The van der Waals surface area contributed by atoms with Crippen molar-refractivity contribution in [2.45, 2.75) is 152 Å². The zero-order chi connectivity index (χ0) is 54.4. The molecule has 5 fully saturated rings. The molecule has 2 aliphatic carbocycles. The number of nitrogens with one attached hydrogen (secondary N) is 6. The molecule has 0 spiro atoms. The third-order valence-corrected chi connectivity index (χ3v) is 21.0. The van der Waals surface area contributed by atoms with Gasteiger partial charge in [-0.1, -0.05) is 101 Å². The molecule has 0 aromatic heterocycles. The van der Waals surface area contributed by atoms with Gasteiger partial charge in [-0.25, -0.2) is 0 Å². The van der Waals surface area contributed by atoms with Crippen LogP contribution in [0.5, 0.6) is 0 Å². The quantitative estimate of drug-likeness (QED) is 0.150. The number of hydrogen-bond donors (Lipinski definition) is 6. The fraction of sp³-hybridized carbons (Fsp3) is 0.643. The summed E-state index contributed by atoms with van der Waals surface area (Å²) in [6.45, 7) is 13.4. The fourth-order valence-electron chi connectivity index (χ4n) is 13.0. The smallest absolute Gasteiger partial charge is 0.246 e. The van der Waals surface area contributed by atoms with Crippen LogP contribution in [0.3, 0.4) is 0 Å². The predicted octanol–water partition coefficient (Wildman–Crippen LogP) is 5.31. The maximum atomic E-state index is 15.0. The van der Waals surface area contributed by atoms with Crippen molar-refractivity contribution in [3.05, 3.63) is 70.8 Å². The summed E-state index contributed by atoms with van der Waals surface area (Å²) in [5, 5.41) is 19.3. The minimum Gasteiger partial charge on any atom is -0.367 e. The van der Waals surface area contributed by atoms with E-state index in [2.05, 4.69) is 71.7 Å². The summed E-state index contributed by atoms with van der Waals surface area (Å²) in [5.74, 6) is -0.583. The van der Waals surface area contributed by atoms with Gasteiger partial charge in [-0.2, -0.15) is 0 Å². The molecule has 16 nitrogen and oxygen atoms in total. The zero-order valence-electron chi connectivity index (χ0n) is 46.1. The molecule has 12 atom stereocenters. The van der Waals surface area contributed by atoms with Crippen molar-refractivity contribution >= 4 is 118 Å². The van der Waals surface area contributed by atoms with E-state index < -0.39 is 58.9 Å². The Bertz CT molecular complexity index is 2430. The van der Waals surface area contributed by atoms with Crippen LogP contribution in [0.1, 0.15) is 114 Å². The minimum atomic E-state index is -0.765. The van der Waals surface area contributed by atoms with Gasteiger partial charge in [-0.05, 0) is 124 Å². The molecule has 6 amide bonds. The summed E-state index contributed by atoms with van der Waals surface area (Å²) in [7, 11) is 3.65. The van der Waals surface area contributed by atoms with E-state index in [4.69, 9.17) is 24.4 Å². The molecule has 428 valence electrons. The molecule has 5 aliphatic heterocycles. The molecule has 0 unspecified atom stereocenters. The average Bonchev–Trinajstić information content (AvgIpc) is 3.75. The van der Waals surface area contributed by atoms with Gasteiger partial charge in [0, 0.05) is 26.2 Å². The van der Waals surface area contributed by atoms with Gasteiger partial charge in [-0.3, -0.25) is 28.8 Å². The average molecular weight is 1190 g/mol. The van der Waals surface area contributed by atoms with Crippen molar-refractivity contribution in [1.82, 2.24) is 51.5 Å². The van der Waals surface area contributed by atoms with Gasteiger partial charge in [0.05, 0.1) is 56.7 Å². The first-order chi connectivity index (χ1) is 36.2. The Morgan fingerprint density at radius 3 is 1.29 bits per heavy atom. The lowest BCUT2D eigenvalue weighted by Gasteiger charge is -2.43. The van der Waals surface area contributed by atoms with Crippen LogP contribution in [-0.4, -0.2) is 164 Å². The first-order valence-electron chi connectivity index (χ1n) is 27.4. The van der Waals surface area contributed by atoms with Crippen LogP contribution in [0.2, 0.25) is 0 Å². The molecule has 0 radical (unpaired) electrons. The summed E-state index contributed by atoms with van der Waals surface area (Å²) in [4.78, 5) is 97.3. The molecule has 2 aromatic rings. The number of carbonyl (C=O) groups is 6. The number of halogens is 2. The standard InChI is InChI=1S/C56H78N10O6S4.2ClH/c1-31(57-7)49(73)59-39-21-27-75-41-29-55(3,4)45(65(41)53(39)71)47(67)61-43-35-15-11-9-13-33(35)17-19-37(43)51(69)63-23-25-64(26-24-63)52(70)38-20-18-34-14-10-12-16-36(34)44(38)62-48(68)46-56(5,6)30-42-66(46)54(72)40(22-28-76-42)60-50(74)32(2)58-8;;/h9-16,31-32,37-46,57-58H,17-30H2,1-8H3,(H,59,73)(H,60,74)(H,61,67)(H,62,68);2*1H/t31-,32-,37+,38+,39-,40-,41-,42-,43-,44-,45+,46+;;/m0../s1. The number of thioether (sulfide) groups is 2. The summed E-state index contributed by atoms with van der Waals surface area (Å²) in [6, 6.07) is 11.8. The van der Waals surface area contributed by atoms with Gasteiger partial charge >= 0.3 is 0 Å². The zero-order valence-corrected chi connectivity index (χ0v) is 51.0. The predicted molar refractivity (Wildman–Crippen MR) is 322 cm³/mol. The van der Waals surface area contributed by atoms with E-state index in [0.29, 0.717) is 87.5 Å². The van der Waals surface area contributed by atoms with Crippen molar-refractivity contribution in [2.24, 2.45) is 22.7 Å². The number of nitrogens with zero attached hydrogens (tertiary/aromatic N) is 4. The van der Waals surface area contributed by atoms with Crippen LogP contribution in [0.4, 0.5) is 0 Å². The van der Waals surface area contributed by atoms with E-state index >= 15 is 9.59 Å². The number of hydrogen-bond acceptors (Lipinski definition) is 12. The minimum absolute atomic E-state index is 0. The van der Waals surface area contributed by atoms with Crippen molar-refractivity contribution < 1.29 is 28.8 Å². The maximum Gasteiger partial charge on any atom is 0.246 e. The summed E-state index contributed by atoms with van der Waals surface area (Å²) < 4.78 is 0. The number of amides is 6. The van der Waals surface area contributed by atoms with Gasteiger partial charge in [0.15, 0.2) is 0 Å². The summed E-state index contributed by atoms with van der Waals surface area (Å²) in [6.07, 6.45) is 4.91. The first kappa shape index (κ1) is 61.9. The maximum absolute atomic E-state index is 15.0.